The van der Waals surface area contributed by atoms with Crippen molar-refractivity contribution in [3.63, 3.8) is 0 Å². The van der Waals surface area contributed by atoms with Crippen molar-refractivity contribution in [3.05, 3.63) is 41.6 Å². The molecule has 3 aromatic rings. The molecule has 0 unspecified atom stereocenters. The number of anilines is 2. The van der Waals surface area contributed by atoms with Gasteiger partial charge >= 0.3 is 0 Å². The van der Waals surface area contributed by atoms with Crippen LogP contribution in [0.1, 0.15) is 17.7 Å². The molecule has 2 amide bonds. The van der Waals surface area contributed by atoms with E-state index in [0.717, 1.165) is 16.6 Å². The Morgan fingerprint density at radius 3 is 2.89 bits per heavy atom. The van der Waals surface area contributed by atoms with Gasteiger partial charge in [0, 0.05) is 18.7 Å². The molecule has 1 saturated heterocycles. The third kappa shape index (κ3) is 3.17. The average molecular weight is 379 g/mol. The van der Waals surface area contributed by atoms with Crippen LogP contribution < -0.4 is 15.0 Å². The quantitative estimate of drug-likeness (QED) is 0.726. The fraction of sp³-hybridized carbons (Fsp3) is 0.300. The standard InChI is InChI=1S/C20H21N5O3/c1-11-4-7-16(28-3)15(8-11)25-10-13(9-17(25)26)20(27)22-19-14-6-5-12(2)21-18(14)23-24-19/h4-8,13H,9-10H2,1-3H3,(H2,21,22,23,24,27)/t13-/m1/s1. The molecule has 1 fully saturated rings. The van der Waals surface area contributed by atoms with Crippen LogP contribution in [0, 0.1) is 19.8 Å². The predicted molar refractivity (Wildman–Crippen MR) is 105 cm³/mol. The molecule has 0 bridgehead atoms. The summed E-state index contributed by atoms with van der Waals surface area (Å²) >= 11 is 0. The Kier molecular flexibility index (Phi) is 4.46. The maximum atomic E-state index is 12.8. The molecule has 0 aliphatic carbocycles. The van der Waals surface area contributed by atoms with Gasteiger partial charge < -0.3 is 15.0 Å². The van der Waals surface area contributed by atoms with Gasteiger partial charge in [0.1, 0.15) is 5.75 Å². The highest BCUT2D eigenvalue weighted by atomic mass is 16.5. The van der Waals surface area contributed by atoms with Crippen LogP contribution in [-0.4, -0.2) is 40.7 Å². The molecule has 0 spiro atoms. The molecule has 1 aromatic carbocycles. The number of aromatic amines is 1. The van der Waals surface area contributed by atoms with Gasteiger partial charge in [0.2, 0.25) is 11.8 Å². The molecule has 8 heteroatoms. The first kappa shape index (κ1) is 18.0. The van der Waals surface area contributed by atoms with Crippen LogP contribution in [0.25, 0.3) is 11.0 Å². The number of hydrogen-bond acceptors (Lipinski definition) is 5. The van der Waals surface area contributed by atoms with Gasteiger partial charge in [0.05, 0.1) is 24.1 Å². The molecule has 1 atom stereocenters. The molecular weight excluding hydrogens is 358 g/mol. The first-order chi connectivity index (χ1) is 13.5. The number of aromatic nitrogens is 3. The minimum absolute atomic E-state index is 0.103. The summed E-state index contributed by atoms with van der Waals surface area (Å²) in [5.74, 6) is 0.221. The van der Waals surface area contributed by atoms with E-state index >= 15 is 0 Å². The summed E-state index contributed by atoms with van der Waals surface area (Å²) in [5.41, 5.74) is 3.18. The Labute approximate surface area is 161 Å². The number of carbonyl (C=O) groups excluding carboxylic acids is 2. The molecule has 3 heterocycles. The lowest BCUT2D eigenvalue weighted by Gasteiger charge is -2.20. The monoisotopic (exact) mass is 379 g/mol. The van der Waals surface area contributed by atoms with Crippen molar-refractivity contribution < 1.29 is 14.3 Å². The Morgan fingerprint density at radius 2 is 2.11 bits per heavy atom. The number of rotatable bonds is 4. The number of hydrogen-bond donors (Lipinski definition) is 2. The zero-order valence-electron chi connectivity index (χ0n) is 15.9. The van der Waals surface area contributed by atoms with Crippen LogP contribution >= 0.6 is 0 Å². The number of ether oxygens (including phenoxy) is 1. The number of H-pyrrole nitrogens is 1. The topological polar surface area (TPSA) is 100 Å². The van der Waals surface area contributed by atoms with Gasteiger partial charge in [0.15, 0.2) is 11.5 Å². The minimum Gasteiger partial charge on any atom is -0.495 e. The number of fused-ring (bicyclic) bond motifs is 1. The fourth-order valence-corrected chi connectivity index (χ4v) is 3.44. The lowest BCUT2D eigenvalue weighted by molar-refractivity contribution is -0.122. The summed E-state index contributed by atoms with van der Waals surface area (Å²) in [4.78, 5) is 31.3. The zero-order valence-corrected chi connectivity index (χ0v) is 15.9. The van der Waals surface area contributed by atoms with Crippen molar-refractivity contribution in [1.82, 2.24) is 15.2 Å². The summed E-state index contributed by atoms with van der Waals surface area (Å²) in [6.45, 7) is 4.13. The molecule has 4 rings (SSSR count). The number of nitrogens with one attached hydrogen (secondary N) is 2. The van der Waals surface area contributed by atoms with Gasteiger partial charge in [-0.3, -0.25) is 14.7 Å². The number of nitrogens with zero attached hydrogens (tertiary/aromatic N) is 3. The summed E-state index contributed by atoms with van der Waals surface area (Å²) < 4.78 is 5.38. The smallest absolute Gasteiger partial charge is 0.231 e. The van der Waals surface area contributed by atoms with Crippen LogP contribution in [0.2, 0.25) is 0 Å². The fourth-order valence-electron chi connectivity index (χ4n) is 3.44. The zero-order chi connectivity index (χ0) is 19.8. The molecular formula is C20H21N5O3. The maximum Gasteiger partial charge on any atom is 0.231 e. The highest BCUT2D eigenvalue weighted by molar-refractivity contribution is 6.06. The molecule has 1 aliphatic rings. The SMILES string of the molecule is COc1ccc(C)cc1N1C[C@H](C(=O)Nc2n[nH]c3nc(C)ccc23)CC1=O. The van der Waals surface area contributed by atoms with E-state index in [1.807, 2.05) is 44.2 Å². The van der Waals surface area contributed by atoms with Crippen LogP contribution in [0.4, 0.5) is 11.5 Å². The second-order valence-electron chi connectivity index (χ2n) is 6.99. The summed E-state index contributed by atoms with van der Waals surface area (Å²) in [7, 11) is 1.57. The molecule has 2 aromatic heterocycles. The van der Waals surface area contributed by atoms with E-state index in [4.69, 9.17) is 4.74 Å². The summed E-state index contributed by atoms with van der Waals surface area (Å²) in [5, 5.41) is 10.5. The van der Waals surface area contributed by atoms with Gasteiger partial charge in [0.25, 0.3) is 0 Å². The molecule has 0 radical (unpaired) electrons. The molecule has 0 saturated carbocycles. The third-order valence-electron chi connectivity index (χ3n) is 4.93. The highest BCUT2D eigenvalue weighted by Gasteiger charge is 2.36. The number of carbonyl (C=O) groups is 2. The second kappa shape index (κ2) is 6.95. The van der Waals surface area contributed by atoms with Gasteiger partial charge in [-0.25, -0.2) is 4.98 Å². The van der Waals surface area contributed by atoms with Gasteiger partial charge in [-0.1, -0.05) is 6.07 Å². The first-order valence-corrected chi connectivity index (χ1v) is 9.04. The predicted octanol–water partition coefficient (Wildman–Crippen LogP) is 2.57. The molecule has 2 N–H and O–H groups in total. The van der Waals surface area contributed by atoms with Crippen molar-refractivity contribution in [2.24, 2.45) is 5.92 Å². The van der Waals surface area contributed by atoms with Crippen molar-refractivity contribution >= 4 is 34.4 Å². The van der Waals surface area contributed by atoms with E-state index in [-0.39, 0.29) is 18.2 Å². The highest BCUT2D eigenvalue weighted by Crippen LogP contribution is 2.34. The number of aryl methyl sites for hydroxylation is 2. The normalized spacial score (nSPS) is 16.6. The molecule has 144 valence electrons. The molecule has 28 heavy (non-hydrogen) atoms. The van der Waals surface area contributed by atoms with Crippen molar-refractivity contribution in [1.29, 1.82) is 0 Å². The Balaban J connectivity index is 1.53. The van der Waals surface area contributed by atoms with Crippen molar-refractivity contribution in [2.45, 2.75) is 20.3 Å². The lowest BCUT2D eigenvalue weighted by Crippen LogP contribution is -2.28. The van der Waals surface area contributed by atoms with Gasteiger partial charge in [-0.05, 0) is 43.7 Å². The van der Waals surface area contributed by atoms with E-state index < -0.39 is 5.92 Å². The average Bonchev–Trinajstić information content (AvgIpc) is 3.25. The van der Waals surface area contributed by atoms with Crippen LogP contribution in [-0.2, 0) is 9.59 Å². The Hall–Kier alpha value is -3.42. The first-order valence-electron chi connectivity index (χ1n) is 9.04. The lowest BCUT2D eigenvalue weighted by atomic mass is 10.1. The second-order valence-corrected chi connectivity index (χ2v) is 6.99. The van der Waals surface area contributed by atoms with E-state index in [2.05, 4.69) is 20.5 Å². The molecule has 8 nitrogen and oxygen atoms in total. The van der Waals surface area contributed by atoms with Crippen LogP contribution in [0.15, 0.2) is 30.3 Å². The summed E-state index contributed by atoms with van der Waals surface area (Å²) in [6, 6.07) is 9.37. The third-order valence-corrected chi connectivity index (χ3v) is 4.93. The van der Waals surface area contributed by atoms with E-state index in [9.17, 15) is 9.59 Å². The van der Waals surface area contributed by atoms with Crippen LogP contribution in [0.5, 0.6) is 5.75 Å². The van der Waals surface area contributed by atoms with Crippen LogP contribution in [0.3, 0.4) is 0 Å². The minimum atomic E-state index is -0.470. The summed E-state index contributed by atoms with van der Waals surface area (Å²) in [6.07, 6.45) is 0.142. The number of methoxy groups -OCH3 is 1. The van der Waals surface area contributed by atoms with E-state index in [0.29, 0.717) is 29.4 Å². The Morgan fingerprint density at radius 1 is 1.29 bits per heavy atom. The number of pyridine rings is 1. The molecule has 1 aliphatic heterocycles. The largest absolute Gasteiger partial charge is 0.495 e. The number of amides is 2. The van der Waals surface area contributed by atoms with Gasteiger partial charge in [-0.15, -0.1) is 0 Å². The van der Waals surface area contributed by atoms with E-state index in [1.165, 1.54) is 0 Å². The van der Waals surface area contributed by atoms with Gasteiger partial charge in [-0.2, -0.15) is 5.10 Å². The van der Waals surface area contributed by atoms with E-state index in [1.54, 1.807) is 12.0 Å². The maximum absolute atomic E-state index is 12.8. The van der Waals surface area contributed by atoms with Crippen molar-refractivity contribution in [3.8, 4) is 5.75 Å². The number of benzene rings is 1. The Bertz CT molecular complexity index is 1070. The van der Waals surface area contributed by atoms with Crippen molar-refractivity contribution in [2.75, 3.05) is 23.9 Å².